The Bertz CT molecular complexity index is 1480. The maximum atomic E-state index is 13.0. The zero-order chi connectivity index (χ0) is 67.5. The number of rotatable bonds is 81. The third-order valence-corrected chi connectivity index (χ3v) is 19.9. The summed E-state index contributed by atoms with van der Waals surface area (Å²) in [6, 6.07) is 0. The Hall–Kier alpha value is -1.71. The highest BCUT2D eigenvalue weighted by atomic mass is 16.7. The molecule has 0 aliphatic carbocycles. The summed E-state index contributed by atoms with van der Waals surface area (Å²) in [6.07, 6.45) is 91.5. The fourth-order valence-electron chi connectivity index (χ4n) is 13.4. The van der Waals surface area contributed by atoms with Crippen LogP contribution in [0.1, 0.15) is 463 Å². The van der Waals surface area contributed by atoms with E-state index in [2.05, 4.69) is 13.8 Å². The predicted octanol–water partition coefficient (Wildman–Crippen LogP) is 26.9. The number of esters is 2. The molecule has 0 spiro atoms. The number of quaternary nitrogens is 1. The second-order valence-electron chi connectivity index (χ2n) is 30.5. The van der Waals surface area contributed by atoms with Gasteiger partial charge in [-0.1, -0.05) is 438 Å². The Morgan fingerprint density at radius 1 is 0.280 bits per heavy atom. The molecule has 0 fully saturated rings. The molecule has 554 valence electrons. The molecule has 93 heavy (non-hydrogen) atoms. The molecule has 9 heteroatoms. The van der Waals surface area contributed by atoms with E-state index < -0.39 is 18.4 Å². The summed E-state index contributed by atoms with van der Waals surface area (Å²) in [5, 5.41) is 9.78. The summed E-state index contributed by atoms with van der Waals surface area (Å²) in [6.45, 7) is 4.99. The number of ether oxygens (including phenoxy) is 4. The van der Waals surface area contributed by atoms with Crippen LogP contribution < -0.4 is 0 Å². The lowest BCUT2D eigenvalue weighted by molar-refractivity contribution is -0.870. The Morgan fingerprint density at radius 2 is 0.484 bits per heavy atom. The van der Waals surface area contributed by atoms with Gasteiger partial charge in [0, 0.05) is 12.8 Å². The van der Waals surface area contributed by atoms with Crippen LogP contribution in [0.25, 0.3) is 0 Å². The SMILES string of the molecule is CCCCCCCCCCCCCCCCCCCCCCCCCCCCCCCCCCCCCCCCC(=O)OC(COC(=O)CCCCCCCCCCCCCCCCCCCCCCCCCCCCCCCC)COC(OCC[N+](C)(C)C)C(=O)O. The van der Waals surface area contributed by atoms with Gasteiger partial charge in [-0.15, -0.1) is 0 Å². The van der Waals surface area contributed by atoms with Gasteiger partial charge in [0.25, 0.3) is 6.29 Å². The number of carboxylic acid groups (broad SMARTS) is 1. The fraction of sp³-hybridized carbons (Fsp3) is 0.964. The second-order valence-corrected chi connectivity index (χ2v) is 30.5. The van der Waals surface area contributed by atoms with E-state index in [1.165, 1.54) is 398 Å². The molecule has 0 saturated carbocycles. The Morgan fingerprint density at radius 3 is 0.688 bits per heavy atom. The minimum absolute atomic E-state index is 0.172. The van der Waals surface area contributed by atoms with Gasteiger partial charge in [0.05, 0.1) is 34.4 Å². The zero-order valence-electron chi connectivity index (χ0n) is 63.7. The number of carbonyl (C=O) groups excluding carboxylic acids is 2. The quantitative estimate of drug-likeness (QED) is 0.0278. The van der Waals surface area contributed by atoms with Gasteiger partial charge in [-0.2, -0.15) is 0 Å². The summed E-state index contributed by atoms with van der Waals surface area (Å²) in [5.41, 5.74) is 0. The summed E-state index contributed by atoms with van der Waals surface area (Å²) in [7, 11) is 6.01. The molecule has 0 saturated heterocycles. The first-order valence-electron chi connectivity index (χ1n) is 42.2. The molecular formula is C84H166NO8+. The number of nitrogens with zero attached hydrogens (tertiary/aromatic N) is 1. The fourth-order valence-corrected chi connectivity index (χ4v) is 13.4. The van der Waals surface area contributed by atoms with E-state index in [0.717, 1.165) is 38.5 Å². The molecule has 0 aromatic rings. The van der Waals surface area contributed by atoms with E-state index in [4.69, 9.17) is 18.9 Å². The van der Waals surface area contributed by atoms with Crippen molar-refractivity contribution >= 4 is 17.9 Å². The molecule has 0 bridgehead atoms. The predicted molar refractivity (Wildman–Crippen MR) is 402 cm³/mol. The molecule has 0 amide bonds. The lowest BCUT2D eigenvalue weighted by Gasteiger charge is -2.25. The first-order chi connectivity index (χ1) is 45.6. The van der Waals surface area contributed by atoms with E-state index in [9.17, 15) is 19.5 Å². The molecular weight excluding hydrogens is 1150 g/mol. The van der Waals surface area contributed by atoms with Gasteiger partial charge >= 0.3 is 17.9 Å². The lowest BCUT2D eigenvalue weighted by atomic mass is 10.0. The van der Waals surface area contributed by atoms with E-state index in [-0.39, 0.29) is 38.2 Å². The smallest absolute Gasteiger partial charge is 0.361 e. The zero-order valence-corrected chi connectivity index (χ0v) is 63.7. The van der Waals surface area contributed by atoms with Crippen molar-refractivity contribution in [2.75, 3.05) is 47.5 Å². The topological polar surface area (TPSA) is 108 Å². The minimum atomic E-state index is -1.51. The second kappa shape index (κ2) is 76.1. The summed E-state index contributed by atoms with van der Waals surface area (Å²) < 4.78 is 23.1. The number of aliphatic carboxylic acids is 1. The normalized spacial score (nSPS) is 12.5. The van der Waals surface area contributed by atoms with Crippen molar-refractivity contribution in [2.45, 2.75) is 476 Å². The Labute approximate surface area is 581 Å². The van der Waals surface area contributed by atoms with Crippen molar-refractivity contribution in [3.05, 3.63) is 0 Å². The third-order valence-electron chi connectivity index (χ3n) is 19.9. The number of likely N-dealkylation sites (N-methyl/N-ethyl adjacent to an activating group) is 1. The van der Waals surface area contributed by atoms with Crippen LogP contribution in [-0.4, -0.2) is 87.4 Å². The van der Waals surface area contributed by atoms with E-state index in [1.807, 2.05) is 21.1 Å². The standard InChI is InChI=1S/C84H165NO8/c1-6-8-10-12-14-16-18-20-22-24-26-28-30-32-34-36-38-39-40-41-42-43-44-45-47-49-51-53-55-57-59-61-63-65-67-69-71-73-75-82(87)93-80(79-92-84(83(88)89)90-77-76-85(3,4)5)78-91-81(86)74-72-70-68-66-64-62-60-58-56-54-52-50-48-46-37-35-33-31-29-27-25-23-21-19-17-15-13-11-9-7-2/h80,84H,6-79H2,1-5H3/p+1. The van der Waals surface area contributed by atoms with Crippen LogP contribution in [0.3, 0.4) is 0 Å². The Kier molecular flexibility index (Phi) is 74.7. The van der Waals surface area contributed by atoms with Gasteiger partial charge in [0.1, 0.15) is 13.2 Å². The first kappa shape index (κ1) is 91.3. The van der Waals surface area contributed by atoms with Crippen molar-refractivity contribution < 1.29 is 42.9 Å². The highest BCUT2D eigenvalue weighted by molar-refractivity contribution is 5.71. The maximum absolute atomic E-state index is 13.0. The Balaban J connectivity index is 3.91. The number of carbonyl (C=O) groups is 3. The summed E-state index contributed by atoms with van der Waals surface area (Å²) >= 11 is 0. The van der Waals surface area contributed by atoms with Crippen LogP contribution in [0.2, 0.25) is 0 Å². The van der Waals surface area contributed by atoms with Crippen LogP contribution in [0.4, 0.5) is 0 Å². The highest BCUT2D eigenvalue weighted by Crippen LogP contribution is 2.21. The van der Waals surface area contributed by atoms with Crippen molar-refractivity contribution in [1.29, 1.82) is 0 Å². The summed E-state index contributed by atoms with van der Waals surface area (Å²) in [4.78, 5) is 37.8. The van der Waals surface area contributed by atoms with Gasteiger partial charge in [0.15, 0.2) is 6.10 Å². The number of unbranched alkanes of at least 4 members (excludes halogenated alkanes) is 66. The van der Waals surface area contributed by atoms with Crippen molar-refractivity contribution in [2.24, 2.45) is 0 Å². The molecule has 9 nitrogen and oxygen atoms in total. The number of hydrogen-bond donors (Lipinski definition) is 1. The van der Waals surface area contributed by atoms with Crippen LogP contribution in [-0.2, 0) is 33.3 Å². The molecule has 0 radical (unpaired) electrons. The highest BCUT2D eigenvalue weighted by Gasteiger charge is 2.25. The van der Waals surface area contributed by atoms with Crippen LogP contribution >= 0.6 is 0 Å². The van der Waals surface area contributed by atoms with E-state index in [1.54, 1.807) is 0 Å². The molecule has 2 unspecified atom stereocenters. The molecule has 0 aromatic carbocycles. The average Bonchev–Trinajstić information content (AvgIpc) is 3.74. The van der Waals surface area contributed by atoms with Crippen molar-refractivity contribution in [1.82, 2.24) is 0 Å². The molecule has 0 aliphatic rings. The van der Waals surface area contributed by atoms with Gasteiger partial charge < -0.3 is 28.5 Å². The molecule has 0 heterocycles. The van der Waals surface area contributed by atoms with Crippen molar-refractivity contribution in [3.8, 4) is 0 Å². The van der Waals surface area contributed by atoms with Gasteiger partial charge in [0.2, 0.25) is 0 Å². The van der Waals surface area contributed by atoms with E-state index in [0.29, 0.717) is 17.4 Å². The molecule has 0 aliphatic heterocycles. The molecule has 2 atom stereocenters. The lowest BCUT2D eigenvalue weighted by Crippen LogP contribution is -2.40. The summed E-state index contributed by atoms with van der Waals surface area (Å²) in [5.74, 6) is -1.96. The van der Waals surface area contributed by atoms with Gasteiger partial charge in [-0.25, -0.2) is 4.79 Å². The minimum Gasteiger partial charge on any atom is -0.477 e. The molecule has 0 rings (SSSR count). The molecule has 0 aromatic heterocycles. The van der Waals surface area contributed by atoms with Crippen molar-refractivity contribution in [3.63, 3.8) is 0 Å². The maximum Gasteiger partial charge on any atom is 0.361 e. The first-order valence-corrected chi connectivity index (χ1v) is 42.2. The van der Waals surface area contributed by atoms with Crippen LogP contribution in [0.15, 0.2) is 0 Å². The van der Waals surface area contributed by atoms with Gasteiger partial charge in [-0.05, 0) is 12.8 Å². The van der Waals surface area contributed by atoms with Gasteiger partial charge in [-0.3, -0.25) is 9.59 Å². The van der Waals surface area contributed by atoms with Crippen LogP contribution in [0.5, 0.6) is 0 Å². The third kappa shape index (κ3) is 77.5. The average molecular weight is 1320 g/mol. The molecule has 1 N–H and O–H groups in total. The largest absolute Gasteiger partial charge is 0.477 e. The van der Waals surface area contributed by atoms with Crippen LogP contribution in [0, 0.1) is 0 Å². The monoisotopic (exact) mass is 1320 g/mol. The number of carboxylic acids is 1. The van der Waals surface area contributed by atoms with E-state index >= 15 is 0 Å². The number of hydrogen-bond acceptors (Lipinski definition) is 7.